The van der Waals surface area contributed by atoms with Crippen LogP contribution in [0.2, 0.25) is 0 Å². The Morgan fingerprint density at radius 1 is 1.04 bits per heavy atom. The topological polar surface area (TPSA) is 15.5 Å². The van der Waals surface area contributed by atoms with E-state index in [4.69, 9.17) is 0 Å². The monoisotopic (exact) mass is 385 g/mol. The van der Waals surface area contributed by atoms with Crippen molar-refractivity contribution in [2.24, 2.45) is 0 Å². The first-order valence-electron chi connectivity index (χ1n) is 7.24. The second-order valence-electron chi connectivity index (χ2n) is 5.34. The molecule has 0 bridgehead atoms. The summed E-state index contributed by atoms with van der Waals surface area (Å²) < 4.78 is 109. The van der Waals surface area contributed by atoms with E-state index in [1.165, 1.54) is 24.9 Å². The predicted octanol–water partition coefficient (Wildman–Crippen LogP) is 3.70. The number of hydrogen-bond donors (Lipinski definition) is 0. The highest BCUT2D eigenvalue weighted by atomic mass is 19.4. The number of ether oxygens (including phenoxy) is 1. The van der Waals surface area contributed by atoms with E-state index in [-0.39, 0.29) is 5.76 Å². The first kappa shape index (κ1) is 23.4. The lowest BCUT2D eigenvalue weighted by atomic mass is 10.1. The second kappa shape index (κ2) is 8.70. The van der Waals surface area contributed by atoms with Gasteiger partial charge in [0.25, 0.3) is 0 Å². The average molecular weight is 385 g/mol. The predicted molar refractivity (Wildman–Crippen MR) is 76.0 cm³/mol. The number of halogens is 8. The molecule has 0 aromatic heterocycles. The average Bonchev–Trinajstić information content (AvgIpc) is 2.48. The summed E-state index contributed by atoms with van der Waals surface area (Å²) in [6, 6.07) is 0. The van der Waals surface area contributed by atoms with Crippen molar-refractivity contribution in [2.75, 3.05) is 33.8 Å². The van der Waals surface area contributed by atoms with Crippen LogP contribution in [0, 0.1) is 0 Å². The largest absolute Gasteiger partial charge is 0.480 e. The molecule has 0 aliphatic carbocycles. The molecule has 0 saturated heterocycles. The van der Waals surface area contributed by atoms with Crippen LogP contribution in [0.5, 0.6) is 0 Å². The van der Waals surface area contributed by atoms with Crippen molar-refractivity contribution in [3.63, 3.8) is 0 Å². The fourth-order valence-electron chi connectivity index (χ4n) is 1.59. The molecule has 0 aromatic rings. The fourth-order valence-corrected chi connectivity index (χ4v) is 1.59. The Balaban J connectivity index is 5.48. The van der Waals surface area contributed by atoms with Gasteiger partial charge >= 0.3 is 24.2 Å². The van der Waals surface area contributed by atoms with E-state index >= 15 is 0 Å². The minimum absolute atomic E-state index is 0.315. The van der Waals surface area contributed by atoms with E-state index in [2.05, 4.69) is 4.74 Å². The normalized spacial score (nSPS) is 13.9. The highest BCUT2D eigenvalue weighted by Gasteiger charge is 2.75. The third kappa shape index (κ3) is 5.74. The highest BCUT2D eigenvalue weighted by Crippen LogP contribution is 2.48. The maximum Gasteiger partial charge on any atom is 0.381 e. The van der Waals surface area contributed by atoms with Crippen molar-refractivity contribution < 1.29 is 44.4 Å². The molecule has 0 atom stereocenters. The van der Waals surface area contributed by atoms with Crippen LogP contribution < -0.4 is 0 Å². The van der Waals surface area contributed by atoms with Gasteiger partial charge in [0.05, 0.1) is 0 Å². The molecule has 0 aromatic carbocycles. The minimum atomic E-state index is -6.29. The molecule has 11 heteroatoms. The molecule has 25 heavy (non-hydrogen) atoms. The van der Waals surface area contributed by atoms with Crippen molar-refractivity contribution in [1.82, 2.24) is 4.90 Å². The first-order valence-corrected chi connectivity index (χ1v) is 7.24. The molecular formula is C14H21F8N2O+. The van der Waals surface area contributed by atoms with Gasteiger partial charge in [-0.25, -0.2) is 13.4 Å². The number of nitrogens with zero attached hydrogens (tertiary/aromatic N) is 2. The zero-order valence-electron chi connectivity index (χ0n) is 14.2. The Morgan fingerprint density at radius 3 is 1.88 bits per heavy atom. The number of alkyl halides is 8. The van der Waals surface area contributed by atoms with Crippen molar-refractivity contribution in [3.8, 4) is 0 Å². The van der Waals surface area contributed by atoms with Gasteiger partial charge in [-0.1, -0.05) is 0 Å². The Labute approximate surface area is 140 Å². The zero-order valence-corrected chi connectivity index (χ0v) is 14.2. The van der Waals surface area contributed by atoms with Crippen LogP contribution in [0.4, 0.5) is 35.1 Å². The lowest BCUT2D eigenvalue weighted by molar-refractivity contribution is -0.459. The zero-order chi connectivity index (χ0) is 20.1. The van der Waals surface area contributed by atoms with Gasteiger partial charge in [0.2, 0.25) is 6.21 Å². The molecule has 0 unspecified atom stereocenters. The summed E-state index contributed by atoms with van der Waals surface area (Å²) in [6.45, 7) is 2.11. The molecule has 0 radical (unpaired) electrons. The number of hydrogen-bond acceptors (Lipinski definition) is 2. The lowest BCUT2D eigenvalue weighted by Crippen LogP contribution is -2.59. The molecule has 0 saturated carbocycles. The first-order chi connectivity index (χ1) is 11.2. The van der Waals surface area contributed by atoms with Crippen LogP contribution in [-0.4, -0.2) is 73.7 Å². The van der Waals surface area contributed by atoms with Crippen molar-refractivity contribution in [3.05, 3.63) is 12.0 Å². The Bertz CT molecular complexity index is 483. The standard InChI is InChI=1S/C14H21F8N2O/c1-5-24(6-2)8-10(7-23(3)4)25-9-12(17,18)14(21,22)13(19,20)11(15)16/h7-8,11H,5-6,9H2,1-4H3/q+1. The van der Waals surface area contributed by atoms with Crippen molar-refractivity contribution in [2.45, 2.75) is 38.0 Å². The summed E-state index contributed by atoms with van der Waals surface area (Å²) in [7, 11) is 2.97. The van der Waals surface area contributed by atoms with Gasteiger partial charge in [-0.15, -0.1) is 0 Å². The van der Waals surface area contributed by atoms with Crippen LogP contribution in [0.3, 0.4) is 0 Å². The second-order valence-corrected chi connectivity index (χ2v) is 5.34. The van der Waals surface area contributed by atoms with Crippen LogP contribution in [-0.2, 0) is 4.74 Å². The molecule has 0 N–H and O–H groups in total. The van der Waals surface area contributed by atoms with Crippen molar-refractivity contribution >= 4 is 6.21 Å². The summed E-state index contributed by atoms with van der Waals surface area (Å²) in [6.07, 6.45) is -2.58. The van der Waals surface area contributed by atoms with Crippen LogP contribution in [0.25, 0.3) is 0 Å². The molecule has 0 rings (SSSR count). The van der Waals surface area contributed by atoms with Crippen LogP contribution in [0.15, 0.2) is 12.0 Å². The highest BCUT2D eigenvalue weighted by molar-refractivity contribution is 5.71. The summed E-state index contributed by atoms with van der Waals surface area (Å²) >= 11 is 0. The minimum Gasteiger partial charge on any atom is -0.480 e. The van der Waals surface area contributed by atoms with Crippen LogP contribution >= 0.6 is 0 Å². The van der Waals surface area contributed by atoms with Crippen LogP contribution in [0.1, 0.15) is 13.8 Å². The SMILES string of the molecule is CCN(/C=C(\C=[N+](C)C)OCC(F)(F)C(F)(F)C(F)(F)C(F)F)CC. The van der Waals surface area contributed by atoms with Gasteiger partial charge in [-0.05, 0) is 13.8 Å². The molecule has 0 heterocycles. The fraction of sp³-hybridized carbons (Fsp3) is 0.786. The van der Waals surface area contributed by atoms with E-state index in [9.17, 15) is 35.1 Å². The number of allylic oxidation sites excluding steroid dienone is 1. The third-order valence-corrected chi connectivity index (χ3v) is 3.08. The number of rotatable bonds is 10. The molecule has 0 aliphatic rings. The molecule has 0 aliphatic heterocycles. The van der Waals surface area contributed by atoms with Gasteiger partial charge in [0, 0.05) is 19.3 Å². The summed E-state index contributed by atoms with van der Waals surface area (Å²) in [5.41, 5.74) is 0. The van der Waals surface area contributed by atoms with E-state index < -0.39 is 30.8 Å². The van der Waals surface area contributed by atoms with Gasteiger partial charge in [-0.2, -0.15) is 26.3 Å². The maximum absolute atomic E-state index is 13.5. The quantitative estimate of drug-likeness (QED) is 0.247. The van der Waals surface area contributed by atoms with Crippen molar-refractivity contribution in [1.29, 1.82) is 0 Å². The Kier molecular flexibility index (Phi) is 8.16. The molecule has 0 amide bonds. The molecule has 0 spiro atoms. The maximum atomic E-state index is 13.5. The smallest absolute Gasteiger partial charge is 0.381 e. The van der Waals surface area contributed by atoms with Gasteiger partial charge in [0.15, 0.2) is 12.4 Å². The summed E-state index contributed by atoms with van der Waals surface area (Å²) in [5.74, 6) is -18.3. The summed E-state index contributed by atoms with van der Waals surface area (Å²) in [5, 5.41) is 0. The molecule has 148 valence electrons. The molecule has 3 nitrogen and oxygen atoms in total. The Morgan fingerprint density at radius 2 is 1.52 bits per heavy atom. The van der Waals surface area contributed by atoms with E-state index in [0.29, 0.717) is 13.1 Å². The van der Waals surface area contributed by atoms with E-state index in [1.807, 2.05) is 0 Å². The van der Waals surface area contributed by atoms with Gasteiger partial charge in [-0.3, -0.25) is 0 Å². The molecule has 0 fully saturated rings. The van der Waals surface area contributed by atoms with Gasteiger partial charge in [0.1, 0.15) is 14.1 Å². The lowest BCUT2D eigenvalue weighted by Gasteiger charge is -2.32. The van der Waals surface area contributed by atoms with Gasteiger partial charge < -0.3 is 9.64 Å². The summed E-state index contributed by atoms with van der Waals surface area (Å²) in [4.78, 5) is 1.57. The molecular weight excluding hydrogens is 364 g/mol. The third-order valence-electron chi connectivity index (χ3n) is 3.08. The van der Waals surface area contributed by atoms with E-state index in [0.717, 1.165) is 6.21 Å². The Hall–Kier alpha value is -1.55. The van der Waals surface area contributed by atoms with E-state index in [1.54, 1.807) is 18.7 Å².